The van der Waals surface area contributed by atoms with Gasteiger partial charge < -0.3 is 88.1 Å². The molecule has 26 nitrogen and oxygen atoms in total. The van der Waals surface area contributed by atoms with Gasteiger partial charge in [0.2, 0.25) is 5.91 Å². The molecular weight excluding hydrogens is 734 g/mol. The minimum atomic E-state index is -4.67. The number of carbonyl (C=O) groups excluding carboxylic acids is 1. The maximum Gasteiger partial charge on any atom is 0.394 e. The molecule has 2 heterocycles. The summed E-state index contributed by atoms with van der Waals surface area (Å²) in [5.74, 6) is -0.845. The third-order valence-corrected chi connectivity index (χ3v) is 7.51. The van der Waals surface area contributed by atoms with Gasteiger partial charge in [0.1, 0.15) is 67.1 Å². The summed E-state index contributed by atoms with van der Waals surface area (Å²) in [6.07, 6.45) is -19.8. The first kappa shape index (κ1) is 46.6. The molecule has 2 aliphatic heterocycles. The second-order valence-electron chi connectivity index (χ2n) is 11.2. The number of hydrogen-bond donors (Lipinski definition) is 17. The van der Waals surface area contributed by atoms with E-state index in [-0.39, 0.29) is 25.9 Å². The molecule has 21 N–H and O–H groups in total. The van der Waals surface area contributed by atoms with Gasteiger partial charge in [-0.25, -0.2) is 0 Å². The summed E-state index contributed by atoms with van der Waals surface area (Å²) < 4.78 is 85.7. The van der Waals surface area contributed by atoms with Gasteiger partial charge in [-0.05, 0) is 19.4 Å². The standard InChI is InChI=1S/C22H43N5O13.2H2O4S/c23-2-1-8(29)20(36)27-7-3-6(25)18(39-22-16(34)15(33)13(31)9(4-24)37-22)17(35)19(7)40-21-14(32)11(26)12(30)10(5-28)38-21;2*1-5(2,3)4/h6-19,21-22,28-35H,1-5,23-26H2,(H,27,36);2*(H2,1,2,3,4). The van der Waals surface area contributed by atoms with Crippen LogP contribution in [0.4, 0.5) is 0 Å². The maximum atomic E-state index is 12.6. The third-order valence-electron chi connectivity index (χ3n) is 7.51. The van der Waals surface area contributed by atoms with Gasteiger partial charge >= 0.3 is 20.8 Å². The fraction of sp³-hybridized carbons (Fsp3) is 0.955. The van der Waals surface area contributed by atoms with E-state index in [2.05, 4.69) is 5.32 Å². The summed E-state index contributed by atoms with van der Waals surface area (Å²) in [5.41, 5.74) is 23.1. The molecule has 0 spiro atoms. The van der Waals surface area contributed by atoms with Crippen LogP contribution in [-0.2, 0) is 44.5 Å². The highest BCUT2D eigenvalue weighted by Gasteiger charge is 2.52. The first-order chi connectivity index (χ1) is 22.9. The second-order valence-corrected chi connectivity index (χ2v) is 13.0. The van der Waals surface area contributed by atoms with Gasteiger partial charge in [0.05, 0.1) is 18.7 Å². The molecule has 1 aliphatic carbocycles. The lowest BCUT2D eigenvalue weighted by Crippen LogP contribution is -2.69. The molecule has 0 aromatic rings. The Bertz CT molecular complexity index is 1200. The molecule has 3 rings (SSSR count). The Hall–Kier alpha value is -1.43. The highest BCUT2D eigenvalue weighted by Crippen LogP contribution is 2.32. The molecule has 1 saturated carbocycles. The Labute approximate surface area is 285 Å². The van der Waals surface area contributed by atoms with Crippen molar-refractivity contribution in [3.63, 3.8) is 0 Å². The summed E-state index contributed by atoms with van der Waals surface area (Å²) in [6, 6.07) is -3.45. The monoisotopic (exact) mass is 781 g/mol. The Kier molecular flexibility index (Phi) is 18.8. The van der Waals surface area contributed by atoms with Gasteiger partial charge in [-0.15, -0.1) is 0 Å². The summed E-state index contributed by atoms with van der Waals surface area (Å²) in [7, 11) is -9.33. The molecule has 0 aromatic heterocycles. The minimum Gasteiger partial charge on any atom is -0.394 e. The number of nitrogens with one attached hydrogen (secondary N) is 1. The van der Waals surface area contributed by atoms with Crippen molar-refractivity contribution in [2.24, 2.45) is 22.9 Å². The number of carbonyl (C=O) groups is 1. The van der Waals surface area contributed by atoms with Crippen LogP contribution < -0.4 is 28.3 Å². The fourth-order valence-corrected chi connectivity index (χ4v) is 5.07. The van der Waals surface area contributed by atoms with E-state index in [1.807, 2.05) is 0 Å². The summed E-state index contributed by atoms with van der Waals surface area (Å²) in [4.78, 5) is 12.6. The van der Waals surface area contributed by atoms with Gasteiger partial charge in [-0.3, -0.25) is 23.0 Å². The molecule has 0 bridgehead atoms. The fourth-order valence-electron chi connectivity index (χ4n) is 5.07. The number of hydrogen-bond acceptors (Lipinski definition) is 21. The molecule has 28 heteroatoms. The SMILES string of the molecule is NCCC(O)C(=O)NC1CC(N)C(OC2OC(CN)C(O)C(O)C2O)C(O)C1OC1OC(CO)C(O)C(N)C1O.O=S(=O)(O)O.O=S(=O)(O)O. The zero-order valence-electron chi connectivity index (χ0n) is 25.9. The van der Waals surface area contributed by atoms with Gasteiger partial charge in [-0.2, -0.15) is 16.8 Å². The molecular formula is C22H47N5O21S2. The zero-order chi connectivity index (χ0) is 38.9. The van der Waals surface area contributed by atoms with E-state index in [0.717, 1.165) is 0 Å². The molecule has 16 atom stereocenters. The van der Waals surface area contributed by atoms with E-state index in [1.165, 1.54) is 0 Å². The Morgan fingerprint density at radius 3 is 1.72 bits per heavy atom. The molecule has 1 amide bonds. The van der Waals surface area contributed by atoms with Gasteiger partial charge in [0.25, 0.3) is 0 Å². The van der Waals surface area contributed by atoms with E-state index >= 15 is 0 Å². The highest BCUT2D eigenvalue weighted by molar-refractivity contribution is 7.80. The van der Waals surface area contributed by atoms with Crippen molar-refractivity contribution in [1.82, 2.24) is 5.32 Å². The number of aliphatic hydroxyl groups excluding tert-OH is 8. The van der Waals surface area contributed by atoms with Crippen LogP contribution in [0.2, 0.25) is 0 Å². The van der Waals surface area contributed by atoms with Crippen molar-refractivity contribution >= 4 is 26.7 Å². The first-order valence-corrected chi connectivity index (χ1v) is 17.3. The second kappa shape index (κ2) is 20.1. The topological polar surface area (TPSA) is 481 Å². The number of ether oxygens (including phenoxy) is 4. The number of rotatable bonds is 10. The van der Waals surface area contributed by atoms with Crippen LogP contribution in [0.5, 0.6) is 0 Å². The number of amides is 1. The van der Waals surface area contributed by atoms with Crippen molar-refractivity contribution in [2.75, 3.05) is 19.7 Å². The van der Waals surface area contributed by atoms with Crippen LogP contribution in [0.3, 0.4) is 0 Å². The van der Waals surface area contributed by atoms with Gasteiger partial charge in [0, 0.05) is 12.6 Å². The molecule has 298 valence electrons. The summed E-state index contributed by atoms with van der Waals surface area (Å²) >= 11 is 0. The number of nitrogens with two attached hydrogens (primary N) is 4. The smallest absolute Gasteiger partial charge is 0.394 e. The lowest BCUT2D eigenvalue weighted by atomic mass is 9.83. The maximum absolute atomic E-state index is 12.6. The Morgan fingerprint density at radius 2 is 1.24 bits per heavy atom. The molecule has 50 heavy (non-hydrogen) atoms. The molecule has 3 aliphatic rings. The van der Waals surface area contributed by atoms with Crippen LogP contribution >= 0.6 is 0 Å². The lowest BCUT2D eigenvalue weighted by molar-refractivity contribution is -0.332. The van der Waals surface area contributed by atoms with E-state index in [9.17, 15) is 45.6 Å². The Morgan fingerprint density at radius 1 is 0.760 bits per heavy atom. The van der Waals surface area contributed by atoms with Crippen LogP contribution in [0.25, 0.3) is 0 Å². The van der Waals surface area contributed by atoms with Gasteiger partial charge in [-0.1, -0.05) is 0 Å². The van der Waals surface area contributed by atoms with Gasteiger partial charge in [0.15, 0.2) is 12.6 Å². The molecule has 0 radical (unpaired) electrons. The predicted octanol–water partition coefficient (Wildman–Crippen LogP) is -9.73. The van der Waals surface area contributed by atoms with Crippen molar-refractivity contribution < 1.29 is 99.6 Å². The summed E-state index contributed by atoms with van der Waals surface area (Å²) in [5, 5.41) is 84.9. The molecule has 0 aromatic carbocycles. The quantitative estimate of drug-likeness (QED) is 0.0915. The average molecular weight is 782 g/mol. The van der Waals surface area contributed by atoms with Crippen molar-refractivity contribution in [3.05, 3.63) is 0 Å². The first-order valence-electron chi connectivity index (χ1n) is 14.5. The molecule has 3 fully saturated rings. The Balaban J connectivity index is 0.00000109. The van der Waals surface area contributed by atoms with Crippen LogP contribution in [0, 0.1) is 0 Å². The zero-order valence-corrected chi connectivity index (χ0v) is 27.6. The van der Waals surface area contributed by atoms with E-state index in [4.69, 9.17) is 76.9 Å². The van der Waals surface area contributed by atoms with E-state index in [1.54, 1.807) is 0 Å². The lowest BCUT2D eigenvalue weighted by Gasteiger charge is -2.49. The van der Waals surface area contributed by atoms with Crippen LogP contribution in [0.1, 0.15) is 12.8 Å². The predicted molar refractivity (Wildman–Crippen MR) is 160 cm³/mol. The van der Waals surface area contributed by atoms with E-state index < -0.39 is 131 Å². The van der Waals surface area contributed by atoms with Crippen LogP contribution in [-0.4, -0.2) is 199 Å². The van der Waals surface area contributed by atoms with Crippen molar-refractivity contribution in [1.29, 1.82) is 0 Å². The third kappa shape index (κ3) is 14.5. The van der Waals surface area contributed by atoms with E-state index in [0.29, 0.717) is 0 Å². The summed E-state index contributed by atoms with van der Waals surface area (Å²) in [6.45, 7) is -0.898. The average Bonchev–Trinajstić information content (AvgIpc) is 2.99. The van der Waals surface area contributed by atoms with Crippen LogP contribution in [0.15, 0.2) is 0 Å². The molecule has 2 saturated heterocycles. The largest absolute Gasteiger partial charge is 0.394 e. The number of aliphatic hydroxyl groups is 8. The minimum absolute atomic E-state index is 0.0101. The van der Waals surface area contributed by atoms with Crippen molar-refractivity contribution in [3.8, 4) is 0 Å². The normalized spacial score (nSPS) is 40.0. The molecule has 16 unspecified atom stereocenters. The van der Waals surface area contributed by atoms with Crippen molar-refractivity contribution in [2.45, 2.75) is 111 Å². The highest BCUT2D eigenvalue weighted by atomic mass is 32.3.